The van der Waals surface area contributed by atoms with Crippen LogP contribution in [0.1, 0.15) is 6.42 Å². The molecule has 0 heterocycles. The molecule has 0 N–H and O–H groups in total. The molecule has 0 saturated heterocycles. The summed E-state index contributed by atoms with van der Waals surface area (Å²) in [6.07, 6.45) is 5.94. The van der Waals surface area contributed by atoms with Crippen molar-refractivity contribution in [1.29, 1.82) is 0 Å². The minimum Gasteiger partial charge on any atom is -0.176 e. The molecule has 50 valence electrons. The van der Waals surface area contributed by atoms with Gasteiger partial charge in [0, 0.05) is 0 Å². The highest BCUT2D eigenvalue weighted by molar-refractivity contribution is 7.95. The van der Waals surface area contributed by atoms with Crippen molar-refractivity contribution >= 4 is 30.8 Å². The molecule has 0 spiro atoms. The van der Waals surface area contributed by atoms with Crippen molar-refractivity contribution < 1.29 is 0 Å². The zero-order valence-electron chi connectivity index (χ0n) is 5.61. The van der Waals surface area contributed by atoms with Gasteiger partial charge in [0.1, 0.15) is 14.6 Å². The summed E-state index contributed by atoms with van der Waals surface area (Å²) < 4.78 is 0. The quantitative estimate of drug-likeness (QED) is 0.255. The summed E-state index contributed by atoms with van der Waals surface area (Å²) in [5.74, 6) is 1.39. The fourth-order valence-electron chi connectivity index (χ4n) is 0.485. The fourth-order valence-corrected chi connectivity index (χ4v) is 2.64. The van der Waals surface area contributed by atoms with Crippen molar-refractivity contribution in [1.82, 2.24) is 0 Å². The molecular formula is C5H14ClSSi+. The largest absolute Gasteiger partial charge is 0.176 e. The molecule has 0 aliphatic heterocycles. The predicted octanol–water partition coefficient (Wildman–Crippen LogP) is 0.995. The van der Waals surface area contributed by atoms with E-state index in [2.05, 4.69) is 12.5 Å². The van der Waals surface area contributed by atoms with Gasteiger partial charge < -0.3 is 0 Å². The van der Waals surface area contributed by atoms with E-state index < -0.39 is 0 Å². The average molecular weight is 170 g/mol. The Kier molecular flexibility index (Phi) is 6.63. The number of hydrogen-bond acceptors (Lipinski definition) is 0. The third-order valence-electron chi connectivity index (χ3n) is 0.936. The smallest absolute Gasteiger partial charge is 0.125 e. The SMILES string of the molecule is C[S+](C)CCC[SiH2]Cl. The molecule has 0 saturated carbocycles. The van der Waals surface area contributed by atoms with E-state index in [4.69, 9.17) is 11.1 Å². The Hall–Kier alpha value is 0.857. The van der Waals surface area contributed by atoms with Crippen LogP contribution in [-0.2, 0) is 10.9 Å². The molecule has 0 aliphatic carbocycles. The molecule has 0 rings (SSSR count). The van der Waals surface area contributed by atoms with Gasteiger partial charge in [0.2, 0.25) is 0 Å². The lowest BCUT2D eigenvalue weighted by Gasteiger charge is -1.92. The van der Waals surface area contributed by atoms with Crippen LogP contribution < -0.4 is 0 Å². The van der Waals surface area contributed by atoms with Gasteiger partial charge in [-0.25, -0.2) is 0 Å². The van der Waals surface area contributed by atoms with Crippen LogP contribution in [0, 0.1) is 0 Å². The van der Waals surface area contributed by atoms with Crippen LogP contribution in [0.15, 0.2) is 0 Å². The molecule has 0 fully saturated rings. The van der Waals surface area contributed by atoms with E-state index in [-0.39, 0.29) is 8.83 Å². The normalized spacial score (nSPS) is 12.0. The Morgan fingerprint density at radius 2 is 2.12 bits per heavy atom. The summed E-state index contributed by atoms with van der Waals surface area (Å²) in [7, 11) is 0.494. The minimum atomic E-state index is -0.152. The molecule has 0 aromatic carbocycles. The summed E-state index contributed by atoms with van der Waals surface area (Å²) in [6, 6.07) is 1.33. The summed E-state index contributed by atoms with van der Waals surface area (Å²) in [5.41, 5.74) is 0. The van der Waals surface area contributed by atoms with Crippen molar-refractivity contribution in [2.24, 2.45) is 0 Å². The minimum absolute atomic E-state index is 0.152. The van der Waals surface area contributed by atoms with Crippen LogP contribution in [0.3, 0.4) is 0 Å². The molecule has 0 amide bonds. The van der Waals surface area contributed by atoms with Crippen LogP contribution in [0.2, 0.25) is 6.04 Å². The van der Waals surface area contributed by atoms with Gasteiger partial charge in [-0.2, -0.15) is 11.1 Å². The lowest BCUT2D eigenvalue weighted by Crippen LogP contribution is -2.01. The van der Waals surface area contributed by atoms with E-state index in [9.17, 15) is 0 Å². The van der Waals surface area contributed by atoms with Gasteiger partial charge in [-0.3, -0.25) is 0 Å². The van der Waals surface area contributed by atoms with E-state index in [1.165, 1.54) is 18.2 Å². The van der Waals surface area contributed by atoms with Gasteiger partial charge in [-0.15, -0.1) is 0 Å². The summed E-state index contributed by atoms with van der Waals surface area (Å²) in [4.78, 5) is 0. The summed E-state index contributed by atoms with van der Waals surface area (Å²) >= 11 is 5.63. The number of rotatable bonds is 4. The third kappa shape index (κ3) is 6.86. The van der Waals surface area contributed by atoms with Crippen LogP contribution in [-0.4, -0.2) is 27.1 Å². The molecule has 0 unspecified atom stereocenters. The van der Waals surface area contributed by atoms with Crippen molar-refractivity contribution in [2.75, 3.05) is 18.3 Å². The number of halogens is 1. The second kappa shape index (κ2) is 5.98. The molecule has 0 aromatic rings. The average Bonchev–Trinajstić information content (AvgIpc) is 1.66. The topological polar surface area (TPSA) is 0 Å². The Morgan fingerprint density at radius 1 is 1.50 bits per heavy atom. The third-order valence-corrected chi connectivity index (χ3v) is 3.61. The van der Waals surface area contributed by atoms with Gasteiger partial charge in [-0.05, 0) is 23.4 Å². The van der Waals surface area contributed by atoms with Crippen LogP contribution in [0.25, 0.3) is 0 Å². The van der Waals surface area contributed by atoms with Crippen LogP contribution in [0.5, 0.6) is 0 Å². The second-order valence-corrected chi connectivity index (χ2v) is 6.68. The van der Waals surface area contributed by atoms with Gasteiger partial charge in [0.25, 0.3) is 0 Å². The Morgan fingerprint density at radius 3 is 2.50 bits per heavy atom. The van der Waals surface area contributed by atoms with Crippen molar-refractivity contribution in [3.8, 4) is 0 Å². The van der Waals surface area contributed by atoms with E-state index >= 15 is 0 Å². The lowest BCUT2D eigenvalue weighted by molar-refractivity contribution is 1.09. The Bertz CT molecular complexity index is 49.7. The van der Waals surface area contributed by atoms with Crippen molar-refractivity contribution in [3.63, 3.8) is 0 Å². The van der Waals surface area contributed by atoms with Crippen molar-refractivity contribution in [2.45, 2.75) is 12.5 Å². The maximum absolute atomic E-state index is 5.63. The maximum Gasteiger partial charge on any atom is 0.125 e. The molecule has 0 atom stereocenters. The van der Waals surface area contributed by atoms with E-state index in [0.717, 1.165) is 0 Å². The van der Waals surface area contributed by atoms with E-state index in [1.807, 2.05) is 0 Å². The Balaban J connectivity index is 2.72. The highest BCUT2D eigenvalue weighted by atomic mass is 35.6. The predicted molar refractivity (Wildman–Crippen MR) is 47.9 cm³/mol. The molecule has 8 heavy (non-hydrogen) atoms. The maximum atomic E-state index is 5.63. The van der Waals surface area contributed by atoms with E-state index in [0.29, 0.717) is 10.9 Å². The Labute approximate surface area is 61.9 Å². The molecular weight excluding hydrogens is 156 g/mol. The van der Waals surface area contributed by atoms with Crippen LogP contribution in [0.4, 0.5) is 0 Å². The first-order chi connectivity index (χ1) is 3.77. The summed E-state index contributed by atoms with van der Waals surface area (Å²) in [6.45, 7) is 0. The lowest BCUT2D eigenvalue weighted by atomic mass is 10.6. The van der Waals surface area contributed by atoms with Gasteiger partial charge >= 0.3 is 0 Å². The monoisotopic (exact) mass is 169 g/mol. The van der Waals surface area contributed by atoms with Gasteiger partial charge in [0.15, 0.2) is 0 Å². The van der Waals surface area contributed by atoms with Crippen LogP contribution >= 0.6 is 11.1 Å². The molecule has 0 aromatic heterocycles. The first-order valence-electron chi connectivity index (χ1n) is 2.87. The van der Waals surface area contributed by atoms with Gasteiger partial charge in [-0.1, -0.05) is 0 Å². The van der Waals surface area contributed by atoms with E-state index in [1.54, 1.807) is 0 Å². The van der Waals surface area contributed by atoms with Gasteiger partial charge in [0.05, 0.1) is 12.5 Å². The summed E-state index contributed by atoms with van der Waals surface area (Å²) in [5, 5.41) is 0. The molecule has 0 aliphatic rings. The first-order valence-corrected chi connectivity index (χ1v) is 8.22. The molecule has 0 bridgehead atoms. The standard InChI is InChI=1S/C5H14ClSSi/c1-7(2)4-3-5-8-6/h3-5,8H2,1-2H3/q+1. The molecule has 0 radical (unpaired) electrons. The molecule has 3 heteroatoms. The fraction of sp³-hybridized carbons (Fsp3) is 1.00. The van der Waals surface area contributed by atoms with Crippen molar-refractivity contribution in [3.05, 3.63) is 0 Å². The molecule has 0 nitrogen and oxygen atoms in total. The highest BCUT2D eigenvalue weighted by Crippen LogP contribution is 1.95. The zero-order chi connectivity index (χ0) is 6.41. The number of hydrogen-bond donors (Lipinski definition) is 0. The first kappa shape index (κ1) is 8.86. The highest BCUT2D eigenvalue weighted by Gasteiger charge is 1.99. The zero-order valence-corrected chi connectivity index (χ0v) is 8.60. The second-order valence-electron chi connectivity index (χ2n) is 2.09.